The van der Waals surface area contributed by atoms with Crippen LogP contribution in [0.2, 0.25) is 0 Å². The highest BCUT2D eigenvalue weighted by Gasteiger charge is 2.23. The number of nitrogens with zero attached hydrogens (tertiary/aromatic N) is 3. The maximum absolute atomic E-state index is 11.7. The van der Waals surface area contributed by atoms with Crippen molar-refractivity contribution in [3.63, 3.8) is 0 Å². The van der Waals surface area contributed by atoms with Crippen LogP contribution in [0.25, 0.3) is 0 Å². The average molecular weight is 442 g/mol. The van der Waals surface area contributed by atoms with Gasteiger partial charge in [0, 0.05) is 15.8 Å². The highest BCUT2D eigenvalue weighted by molar-refractivity contribution is 9.10. The number of aryl methyl sites for hydroxylation is 1. The van der Waals surface area contributed by atoms with Gasteiger partial charge in [0.2, 0.25) is 11.6 Å². The Balaban J connectivity index is 1.86. The molecule has 144 valence electrons. The summed E-state index contributed by atoms with van der Waals surface area (Å²) in [4.78, 5) is 19.3. The summed E-state index contributed by atoms with van der Waals surface area (Å²) in [6.45, 7) is 2.16. The molecule has 28 heavy (non-hydrogen) atoms. The zero-order valence-electron chi connectivity index (χ0n) is 15.4. The SMILES string of the molecule is CCCCc1ccc(Nc2ncnc(Nc3cccc(Br)c3)c2[N+](=O)[O-])cc1. The smallest absolute Gasteiger partial charge is 0.334 e. The molecule has 2 aromatic carbocycles. The minimum atomic E-state index is -0.488. The second-order valence-electron chi connectivity index (χ2n) is 6.24. The van der Waals surface area contributed by atoms with Gasteiger partial charge in [-0.05, 0) is 48.7 Å². The van der Waals surface area contributed by atoms with Crippen molar-refractivity contribution in [3.05, 3.63) is 75.0 Å². The van der Waals surface area contributed by atoms with Crippen LogP contribution in [0, 0.1) is 10.1 Å². The normalized spacial score (nSPS) is 10.5. The molecule has 7 nitrogen and oxygen atoms in total. The Morgan fingerprint density at radius 2 is 1.71 bits per heavy atom. The lowest BCUT2D eigenvalue weighted by atomic mass is 10.1. The maximum atomic E-state index is 11.7. The van der Waals surface area contributed by atoms with E-state index < -0.39 is 4.92 Å². The number of aromatic nitrogens is 2. The summed E-state index contributed by atoms with van der Waals surface area (Å²) in [6, 6.07) is 15.2. The van der Waals surface area contributed by atoms with Crippen molar-refractivity contribution in [1.29, 1.82) is 0 Å². The molecule has 1 heterocycles. The predicted molar refractivity (Wildman–Crippen MR) is 114 cm³/mol. The molecule has 0 aliphatic rings. The van der Waals surface area contributed by atoms with E-state index in [-0.39, 0.29) is 17.3 Å². The molecule has 0 spiro atoms. The van der Waals surface area contributed by atoms with Crippen LogP contribution < -0.4 is 10.6 Å². The first-order valence-corrected chi connectivity index (χ1v) is 9.74. The fourth-order valence-corrected chi connectivity index (χ4v) is 3.11. The maximum Gasteiger partial charge on any atom is 0.353 e. The molecule has 1 aromatic heterocycles. The van der Waals surface area contributed by atoms with E-state index >= 15 is 0 Å². The van der Waals surface area contributed by atoms with Crippen molar-refractivity contribution < 1.29 is 4.92 Å². The molecule has 0 bridgehead atoms. The zero-order chi connectivity index (χ0) is 19.9. The number of benzene rings is 2. The number of nitro groups is 1. The monoisotopic (exact) mass is 441 g/mol. The summed E-state index contributed by atoms with van der Waals surface area (Å²) >= 11 is 3.38. The lowest BCUT2D eigenvalue weighted by Crippen LogP contribution is -2.05. The number of hydrogen-bond acceptors (Lipinski definition) is 6. The van der Waals surface area contributed by atoms with Crippen LogP contribution in [-0.4, -0.2) is 14.9 Å². The molecule has 2 N–H and O–H groups in total. The minimum Gasteiger partial charge on any atom is -0.334 e. The number of rotatable bonds is 8. The van der Waals surface area contributed by atoms with Gasteiger partial charge >= 0.3 is 5.69 Å². The van der Waals surface area contributed by atoms with Crippen molar-refractivity contribution in [3.8, 4) is 0 Å². The molecule has 0 aliphatic carbocycles. The van der Waals surface area contributed by atoms with Crippen LogP contribution >= 0.6 is 15.9 Å². The summed E-state index contributed by atoms with van der Waals surface area (Å²) in [5, 5.41) is 17.7. The van der Waals surface area contributed by atoms with E-state index in [4.69, 9.17) is 0 Å². The molecular weight excluding hydrogens is 422 g/mol. The average Bonchev–Trinajstić information content (AvgIpc) is 2.67. The summed E-state index contributed by atoms with van der Waals surface area (Å²) in [6.07, 6.45) is 4.59. The van der Waals surface area contributed by atoms with Crippen LogP contribution in [0.1, 0.15) is 25.3 Å². The lowest BCUT2D eigenvalue weighted by molar-refractivity contribution is -0.383. The van der Waals surface area contributed by atoms with Crippen LogP contribution in [0.5, 0.6) is 0 Å². The minimum absolute atomic E-state index is 0.125. The Labute approximate surface area is 171 Å². The zero-order valence-corrected chi connectivity index (χ0v) is 16.9. The van der Waals surface area contributed by atoms with E-state index in [0.717, 1.165) is 29.4 Å². The van der Waals surface area contributed by atoms with E-state index in [0.29, 0.717) is 5.69 Å². The number of anilines is 4. The van der Waals surface area contributed by atoms with Gasteiger partial charge in [-0.1, -0.05) is 47.5 Å². The fraction of sp³-hybridized carbons (Fsp3) is 0.200. The molecular formula is C20H20BrN5O2. The molecule has 0 aliphatic heterocycles. The first-order chi connectivity index (χ1) is 13.6. The van der Waals surface area contributed by atoms with Crippen LogP contribution in [-0.2, 0) is 6.42 Å². The molecule has 3 rings (SSSR count). The van der Waals surface area contributed by atoms with E-state index in [1.54, 1.807) is 6.07 Å². The first-order valence-electron chi connectivity index (χ1n) is 8.94. The Morgan fingerprint density at radius 1 is 1.04 bits per heavy atom. The van der Waals surface area contributed by atoms with Gasteiger partial charge in [-0.15, -0.1) is 0 Å². The van der Waals surface area contributed by atoms with Crippen molar-refractivity contribution in [2.75, 3.05) is 10.6 Å². The number of unbranched alkanes of at least 4 members (excludes halogenated alkanes) is 1. The van der Waals surface area contributed by atoms with E-state index in [2.05, 4.69) is 43.5 Å². The van der Waals surface area contributed by atoms with Crippen molar-refractivity contribution >= 4 is 44.6 Å². The molecule has 0 saturated heterocycles. The summed E-state index contributed by atoms with van der Waals surface area (Å²) < 4.78 is 0.857. The van der Waals surface area contributed by atoms with Gasteiger partial charge in [0.15, 0.2) is 0 Å². The standard InChI is InChI=1S/C20H20BrN5O2/c1-2-3-5-14-8-10-16(11-9-14)24-19-18(26(27)28)20(23-13-22-19)25-17-7-4-6-15(21)12-17/h4,6-13H,2-3,5H2,1H3,(H2,22,23,24,25). The lowest BCUT2D eigenvalue weighted by Gasteiger charge is -2.11. The second kappa shape index (κ2) is 9.27. The highest BCUT2D eigenvalue weighted by atomic mass is 79.9. The molecule has 0 radical (unpaired) electrons. The van der Waals surface area contributed by atoms with Gasteiger partial charge in [-0.2, -0.15) is 0 Å². The largest absolute Gasteiger partial charge is 0.353 e. The summed E-state index contributed by atoms with van der Waals surface area (Å²) in [5.74, 6) is 0.263. The third-order valence-electron chi connectivity index (χ3n) is 4.13. The molecule has 0 saturated carbocycles. The van der Waals surface area contributed by atoms with E-state index in [1.165, 1.54) is 11.9 Å². The van der Waals surface area contributed by atoms with Gasteiger partial charge in [0.1, 0.15) is 6.33 Å². The molecule has 0 fully saturated rings. The van der Waals surface area contributed by atoms with Crippen molar-refractivity contribution in [2.24, 2.45) is 0 Å². The number of halogens is 1. The third kappa shape index (κ3) is 5.04. The van der Waals surface area contributed by atoms with Crippen molar-refractivity contribution in [1.82, 2.24) is 9.97 Å². The quantitative estimate of drug-likeness (QED) is 0.330. The van der Waals surface area contributed by atoms with Gasteiger partial charge in [0.05, 0.1) is 4.92 Å². The first kappa shape index (κ1) is 19.8. The Bertz CT molecular complexity index is 963. The second-order valence-corrected chi connectivity index (χ2v) is 7.15. The molecule has 0 atom stereocenters. The highest BCUT2D eigenvalue weighted by Crippen LogP contribution is 2.33. The molecule has 3 aromatic rings. The molecule has 0 unspecified atom stereocenters. The number of nitrogens with one attached hydrogen (secondary N) is 2. The molecule has 0 amide bonds. The van der Waals surface area contributed by atoms with Crippen LogP contribution in [0.4, 0.5) is 28.7 Å². The van der Waals surface area contributed by atoms with E-state index in [1.807, 2.05) is 42.5 Å². The Hall–Kier alpha value is -3.00. The van der Waals surface area contributed by atoms with Gasteiger partial charge in [-0.3, -0.25) is 10.1 Å². The van der Waals surface area contributed by atoms with Gasteiger partial charge in [-0.25, -0.2) is 9.97 Å². The third-order valence-corrected chi connectivity index (χ3v) is 4.62. The van der Waals surface area contributed by atoms with Crippen LogP contribution in [0.3, 0.4) is 0 Å². The summed E-state index contributed by atoms with van der Waals surface area (Å²) in [7, 11) is 0. The molecule has 8 heteroatoms. The summed E-state index contributed by atoms with van der Waals surface area (Å²) in [5.41, 5.74) is 2.44. The van der Waals surface area contributed by atoms with Crippen LogP contribution in [0.15, 0.2) is 59.3 Å². The fourth-order valence-electron chi connectivity index (χ4n) is 2.71. The number of hydrogen-bond donors (Lipinski definition) is 2. The van der Waals surface area contributed by atoms with E-state index in [9.17, 15) is 10.1 Å². The Morgan fingerprint density at radius 3 is 2.32 bits per heavy atom. The van der Waals surface area contributed by atoms with Gasteiger partial charge in [0.25, 0.3) is 0 Å². The topological polar surface area (TPSA) is 93.0 Å². The van der Waals surface area contributed by atoms with Crippen molar-refractivity contribution in [2.45, 2.75) is 26.2 Å². The van der Waals surface area contributed by atoms with Gasteiger partial charge < -0.3 is 10.6 Å². The predicted octanol–water partition coefficient (Wildman–Crippen LogP) is 5.98. The Kier molecular flexibility index (Phi) is 6.54.